The molecule has 1 aliphatic rings. The molecule has 0 radical (unpaired) electrons. The molecule has 0 saturated heterocycles. The van der Waals surface area contributed by atoms with Gasteiger partial charge in [0.05, 0.1) is 35.0 Å². The highest BCUT2D eigenvalue weighted by Gasteiger charge is 2.35. The highest BCUT2D eigenvalue weighted by Crippen LogP contribution is 2.42. The molecule has 0 aliphatic heterocycles. The number of aromatic nitrogens is 2. The third-order valence-corrected chi connectivity index (χ3v) is 4.63. The number of hydrogen-bond donors (Lipinski definition) is 0. The number of nitrogens with zero attached hydrogens (tertiary/aromatic N) is 3. The van der Waals surface area contributed by atoms with Crippen LogP contribution in [0, 0.1) is 18.3 Å². The predicted molar refractivity (Wildman–Crippen MR) is 102 cm³/mol. The molecule has 0 N–H and O–H groups in total. The van der Waals surface area contributed by atoms with E-state index in [0.29, 0.717) is 33.6 Å². The molecule has 4 rings (SSSR count). The lowest BCUT2D eigenvalue weighted by molar-refractivity contribution is 0.0513. The van der Waals surface area contributed by atoms with Gasteiger partial charge in [-0.2, -0.15) is 5.26 Å². The Hall–Kier alpha value is -3.85. The van der Waals surface area contributed by atoms with Crippen LogP contribution in [0.5, 0.6) is 0 Å². The summed E-state index contributed by atoms with van der Waals surface area (Å²) in [6, 6.07) is 12.7. The molecule has 0 atom stereocenters. The Kier molecular flexibility index (Phi) is 4.42. The van der Waals surface area contributed by atoms with Crippen molar-refractivity contribution < 1.29 is 14.3 Å². The monoisotopic (exact) mass is 369 g/mol. The number of rotatable bonds is 4. The fourth-order valence-electron chi connectivity index (χ4n) is 3.45. The lowest BCUT2D eigenvalue weighted by Crippen LogP contribution is -2.14. The van der Waals surface area contributed by atoms with Crippen molar-refractivity contribution in [1.29, 1.82) is 5.26 Å². The molecule has 0 unspecified atom stereocenters. The predicted octanol–water partition coefficient (Wildman–Crippen LogP) is 3.73. The minimum atomic E-state index is -0.606. The lowest BCUT2D eigenvalue weighted by atomic mass is 9.93. The van der Waals surface area contributed by atoms with Gasteiger partial charge in [-0.1, -0.05) is 30.3 Å². The second-order valence-corrected chi connectivity index (χ2v) is 6.33. The van der Waals surface area contributed by atoms with Gasteiger partial charge in [-0.25, -0.2) is 4.79 Å². The zero-order chi connectivity index (χ0) is 19.7. The van der Waals surface area contributed by atoms with Crippen molar-refractivity contribution in [2.75, 3.05) is 6.61 Å². The lowest BCUT2D eigenvalue weighted by Gasteiger charge is -2.15. The molecule has 6 nitrogen and oxygen atoms in total. The molecule has 1 aliphatic carbocycles. The first-order valence-electron chi connectivity index (χ1n) is 8.76. The highest BCUT2D eigenvalue weighted by atomic mass is 16.5. The van der Waals surface area contributed by atoms with Crippen molar-refractivity contribution in [3.05, 3.63) is 71.2 Å². The Bertz CT molecular complexity index is 1150. The van der Waals surface area contributed by atoms with Crippen molar-refractivity contribution in [3.8, 4) is 28.5 Å². The molecule has 28 heavy (non-hydrogen) atoms. The van der Waals surface area contributed by atoms with Gasteiger partial charge in [-0.3, -0.25) is 14.8 Å². The maximum absolute atomic E-state index is 13.2. The Morgan fingerprint density at radius 3 is 2.64 bits per heavy atom. The number of ether oxygens (including phenoxy) is 1. The SMILES string of the molecule is Cc1nc2c(c(-c3cccnc3)c1C(=O)OCCC#N)C(=O)c1ccccc1-2. The van der Waals surface area contributed by atoms with E-state index in [4.69, 9.17) is 10.00 Å². The first-order valence-corrected chi connectivity index (χ1v) is 8.76. The Labute approximate surface area is 161 Å². The first kappa shape index (κ1) is 17.6. The maximum atomic E-state index is 13.2. The zero-order valence-corrected chi connectivity index (χ0v) is 15.1. The fraction of sp³-hybridized carbons (Fsp3) is 0.136. The minimum Gasteiger partial charge on any atom is -0.461 e. The van der Waals surface area contributed by atoms with Crippen LogP contribution in [0.15, 0.2) is 48.8 Å². The Balaban J connectivity index is 1.98. The van der Waals surface area contributed by atoms with E-state index in [1.165, 1.54) is 0 Å². The zero-order valence-electron chi connectivity index (χ0n) is 15.1. The molecule has 0 amide bonds. The van der Waals surface area contributed by atoms with Crippen molar-refractivity contribution in [3.63, 3.8) is 0 Å². The van der Waals surface area contributed by atoms with Crippen LogP contribution >= 0.6 is 0 Å². The average molecular weight is 369 g/mol. The number of pyridine rings is 2. The summed E-state index contributed by atoms with van der Waals surface area (Å²) in [5, 5.41) is 8.69. The van der Waals surface area contributed by atoms with Crippen molar-refractivity contribution in [2.45, 2.75) is 13.3 Å². The largest absolute Gasteiger partial charge is 0.461 e. The number of aryl methyl sites for hydroxylation is 1. The van der Waals surface area contributed by atoms with Crippen molar-refractivity contribution >= 4 is 11.8 Å². The number of benzene rings is 1. The van der Waals surface area contributed by atoms with Gasteiger partial charge in [0.1, 0.15) is 6.61 Å². The smallest absolute Gasteiger partial charge is 0.340 e. The second kappa shape index (κ2) is 7.05. The standard InChI is InChI=1S/C22H15N3O3/c1-13-17(22(27)28-11-5-9-23)18(14-6-4-10-24-12-14)19-20(25-13)15-7-2-3-8-16(15)21(19)26/h2-4,6-8,10,12H,5,11H2,1H3. The molecule has 0 spiro atoms. The number of hydrogen-bond acceptors (Lipinski definition) is 6. The van der Waals surface area contributed by atoms with Crippen molar-refractivity contribution in [1.82, 2.24) is 9.97 Å². The number of carbonyl (C=O) groups excluding carboxylic acids is 2. The summed E-state index contributed by atoms with van der Waals surface area (Å²) < 4.78 is 5.25. The van der Waals surface area contributed by atoms with E-state index in [9.17, 15) is 9.59 Å². The summed E-state index contributed by atoms with van der Waals surface area (Å²) in [6.45, 7) is 1.69. The summed E-state index contributed by atoms with van der Waals surface area (Å²) in [6.07, 6.45) is 3.33. The molecular weight excluding hydrogens is 354 g/mol. The van der Waals surface area contributed by atoms with Gasteiger partial charge in [-0.15, -0.1) is 0 Å². The van der Waals surface area contributed by atoms with Crippen LogP contribution in [0.3, 0.4) is 0 Å². The van der Waals surface area contributed by atoms with E-state index >= 15 is 0 Å². The third-order valence-electron chi connectivity index (χ3n) is 4.63. The molecule has 1 aromatic carbocycles. The van der Waals surface area contributed by atoms with Gasteiger partial charge in [-0.05, 0) is 13.0 Å². The Morgan fingerprint density at radius 1 is 1.14 bits per heavy atom. The van der Waals surface area contributed by atoms with Gasteiger partial charge in [0.25, 0.3) is 0 Å². The van der Waals surface area contributed by atoms with Crippen LogP contribution in [0.25, 0.3) is 22.4 Å². The summed E-state index contributed by atoms with van der Waals surface area (Å²) in [5.74, 6) is -0.784. The van der Waals surface area contributed by atoms with Crippen molar-refractivity contribution in [2.24, 2.45) is 0 Å². The van der Waals surface area contributed by atoms with Crippen LogP contribution in [-0.2, 0) is 4.74 Å². The maximum Gasteiger partial charge on any atom is 0.340 e. The van der Waals surface area contributed by atoms with E-state index in [1.54, 1.807) is 43.6 Å². The Morgan fingerprint density at radius 2 is 1.93 bits per heavy atom. The van der Waals surface area contributed by atoms with Crippen LogP contribution < -0.4 is 0 Å². The summed E-state index contributed by atoms with van der Waals surface area (Å²) in [5.41, 5.74) is 4.05. The first-order chi connectivity index (χ1) is 13.6. The quantitative estimate of drug-likeness (QED) is 0.402. The van der Waals surface area contributed by atoms with Gasteiger partial charge >= 0.3 is 5.97 Å². The number of nitriles is 1. The molecular formula is C22H15N3O3. The van der Waals surface area contributed by atoms with Gasteiger partial charge in [0.2, 0.25) is 0 Å². The average Bonchev–Trinajstić information content (AvgIpc) is 3.00. The number of esters is 1. The summed E-state index contributed by atoms with van der Waals surface area (Å²) >= 11 is 0. The summed E-state index contributed by atoms with van der Waals surface area (Å²) in [4.78, 5) is 34.7. The number of fused-ring (bicyclic) bond motifs is 3. The molecule has 0 bridgehead atoms. The van der Waals surface area contributed by atoms with Gasteiger partial charge < -0.3 is 4.74 Å². The van der Waals surface area contributed by atoms with Crippen LogP contribution in [-0.4, -0.2) is 28.3 Å². The normalized spacial score (nSPS) is 11.5. The van der Waals surface area contributed by atoms with Gasteiger partial charge in [0.15, 0.2) is 5.78 Å². The highest BCUT2D eigenvalue weighted by molar-refractivity contribution is 6.25. The van der Waals surface area contributed by atoms with Crippen LogP contribution in [0.4, 0.5) is 0 Å². The third kappa shape index (κ3) is 2.74. The van der Waals surface area contributed by atoms with E-state index in [-0.39, 0.29) is 24.4 Å². The molecule has 6 heteroatoms. The van der Waals surface area contributed by atoms with E-state index < -0.39 is 5.97 Å². The summed E-state index contributed by atoms with van der Waals surface area (Å²) in [7, 11) is 0. The molecule has 136 valence electrons. The van der Waals surface area contributed by atoms with Crippen LogP contribution in [0.2, 0.25) is 0 Å². The number of ketones is 1. The molecule has 2 heterocycles. The van der Waals surface area contributed by atoms with Crippen LogP contribution in [0.1, 0.15) is 38.4 Å². The van der Waals surface area contributed by atoms with E-state index in [0.717, 1.165) is 5.56 Å². The second-order valence-electron chi connectivity index (χ2n) is 6.33. The van der Waals surface area contributed by atoms with E-state index in [2.05, 4.69) is 9.97 Å². The van der Waals surface area contributed by atoms with E-state index in [1.807, 2.05) is 18.2 Å². The molecule has 0 saturated carbocycles. The molecule has 2 aromatic heterocycles. The molecule has 0 fully saturated rings. The number of carbonyl (C=O) groups is 2. The fourth-order valence-corrected chi connectivity index (χ4v) is 3.45. The topological polar surface area (TPSA) is 92.9 Å². The minimum absolute atomic E-state index is 0.0213. The van der Waals surface area contributed by atoms with Gasteiger partial charge in [0, 0.05) is 34.6 Å². The molecule has 3 aromatic rings.